The number of nitrogens with zero attached hydrogens (tertiary/aromatic N) is 1. The van der Waals surface area contributed by atoms with Crippen LogP contribution in [0.3, 0.4) is 0 Å². The molecule has 0 saturated heterocycles. The lowest BCUT2D eigenvalue weighted by atomic mass is 10.1. The zero-order chi connectivity index (χ0) is 25.3. The highest BCUT2D eigenvalue weighted by Crippen LogP contribution is 2.36. The predicted octanol–water partition coefficient (Wildman–Crippen LogP) is 8.33. The van der Waals surface area contributed by atoms with E-state index in [1.165, 1.54) is 35.6 Å². The lowest BCUT2D eigenvalue weighted by Gasteiger charge is -2.19. The number of anilines is 1. The summed E-state index contributed by atoms with van der Waals surface area (Å²) >= 11 is 16.7. The van der Waals surface area contributed by atoms with Gasteiger partial charge in [-0.05, 0) is 77.0 Å². The number of aromatic nitrogens is 1. The van der Waals surface area contributed by atoms with Gasteiger partial charge in [0.15, 0.2) is 11.2 Å². The van der Waals surface area contributed by atoms with Crippen LogP contribution in [-0.4, -0.2) is 13.4 Å². The Kier molecular flexibility index (Phi) is 7.23. The molecule has 0 aliphatic rings. The standard InChI is InChI=1S/C26H17BrCl2N2O3S2/c27-19-5-1-18-14-22(10-4-17(18)13-19)34-25(16-2-6-20(28)7-3-16)24-15-30-26(35-24)31-36(32,33)23-11-8-21(29)9-12-23/h1-15,25H,(H,30,31). The number of fused-ring (bicyclic) bond motifs is 1. The highest BCUT2D eigenvalue weighted by Gasteiger charge is 2.22. The molecular weight excluding hydrogens is 603 g/mol. The van der Waals surface area contributed by atoms with Crippen molar-refractivity contribution in [3.05, 3.63) is 116 Å². The molecule has 1 N–H and O–H groups in total. The van der Waals surface area contributed by atoms with E-state index in [4.69, 9.17) is 27.9 Å². The lowest BCUT2D eigenvalue weighted by Crippen LogP contribution is -2.12. The normalized spacial score (nSPS) is 12.4. The number of rotatable bonds is 7. The number of hydrogen-bond donors (Lipinski definition) is 1. The molecule has 5 nitrogen and oxygen atoms in total. The Bertz CT molecular complexity index is 1640. The minimum Gasteiger partial charge on any atom is -0.480 e. The number of thiazole rings is 1. The molecule has 0 saturated carbocycles. The molecule has 1 unspecified atom stereocenters. The molecule has 0 radical (unpaired) electrons. The van der Waals surface area contributed by atoms with Crippen LogP contribution in [0.25, 0.3) is 10.8 Å². The molecule has 0 aliphatic carbocycles. The van der Waals surface area contributed by atoms with Crippen molar-refractivity contribution < 1.29 is 13.2 Å². The fourth-order valence-electron chi connectivity index (χ4n) is 3.57. The molecule has 0 amide bonds. The second-order valence-corrected chi connectivity index (χ2v) is 12.4. The monoisotopic (exact) mass is 618 g/mol. The first-order valence-corrected chi connectivity index (χ1v) is 14.5. The highest BCUT2D eigenvalue weighted by atomic mass is 79.9. The molecule has 5 aromatic rings. The molecule has 36 heavy (non-hydrogen) atoms. The SMILES string of the molecule is O=S(=O)(Nc1ncc(C(Oc2ccc3cc(Br)ccc3c2)c2ccc(Cl)cc2)s1)c1ccc(Cl)cc1. The zero-order valence-electron chi connectivity index (χ0n) is 18.4. The van der Waals surface area contributed by atoms with Crippen molar-refractivity contribution in [1.29, 1.82) is 0 Å². The fourth-order valence-corrected chi connectivity index (χ4v) is 6.32. The van der Waals surface area contributed by atoms with E-state index in [2.05, 4.69) is 25.6 Å². The van der Waals surface area contributed by atoms with Gasteiger partial charge in [-0.1, -0.05) is 74.7 Å². The summed E-state index contributed by atoms with van der Waals surface area (Å²) in [5.41, 5.74) is 0.853. The van der Waals surface area contributed by atoms with Crippen LogP contribution in [0.4, 0.5) is 5.13 Å². The molecule has 5 rings (SSSR count). The van der Waals surface area contributed by atoms with Crippen molar-refractivity contribution in [3.8, 4) is 5.75 Å². The highest BCUT2D eigenvalue weighted by molar-refractivity contribution is 9.10. The van der Waals surface area contributed by atoms with E-state index in [1.54, 1.807) is 18.3 Å². The van der Waals surface area contributed by atoms with Crippen LogP contribution in [-0.2, 0) is 10.0 Å². The molecule has 4 aromatic carbocycles. The number of sulfonamides is 1. The molecule has 1 atom stereocenters. The lowest BCUT2D eigenvalue weighted by molar-refractivity contribution is 0.251. The van der Waals surface area contributed by atoms with Crippen LogP contribution in [0.5, 0.6) is 5.75 Å². The maximum absolute atomic E-state index is 12.8. The van der Waals surface area contributed by atoms with Crippen molar-refractivity contribution in [2.24, 2.45) is 0 Å². The first-order valence-electron chi connectivity index (χ1n) is 10.6. The Morgan fingerprint density at radius 2 is 1.50 bits per heavy atom. The average molecular weight is 620 g/mol. The van der Waals surface area contributed by atoms with Gasteiger partial charge in [0, 0.05) is 20.7 Å². The van der Waals surface area contributed by atoms with E-state index < -0.39 is 16.1 Å². The maximum atomic E-state index is 12.8. The second-order valence-electron chi connectivity index (χ2n) is 7.83. The van der Waals surface area contributed by atoms with Crippen LogP contribution in [0.2, 0.25) is 10.0 Å². The van der Waals surface area contributed by atoms with Crippen molar-refractivity contribution in [3.63, 3.8) is 0 Å². The number of hydrogen-bond acceptors (Lipinski definition) is 5. The van der Waals surface area contributed by atoms with Crippen LogP contribution in [0, 0.1) is 0 Å². The third-order valence-electron chi connectivity index (χ3n) is 5.33. The van der Waals surface area contributed by atoms with Gasteiger partial charge in [-0.2, -0.15) is 0 Å². The molecule has 1 heterocycles. The molecule has 1 aromatic heterocycles. The van der Waals surface area contributed by atoms with Crippen LogP contribution in [0.1, 0.15) is 16.5 Å². The summed E-state index contributed by atoms with van der Waals surface area (Å²) in [6, 6.07) is 25.2. The number of benzene rings is 4. The third kappa shape index (κ3) is 5.68. The molecule has 0 bridgehead atoms. The Balaban J connectivity index is 1.46. The second kappa shape index (κ2) is 10.4. The van der Waals surface area contributed by atoms with Crippen molar-refractivity contribution >= 4 is 76.4 Å². The smallest absolute Gasteiger partial charge is 0.263 e. The number of nitrogens with one attached hydrogen (secondary N) is 1. The average Bonchev–Trinajstić information content (AvgIpc) is 3.31. The maximum Gasteiger partial charge on any atom is 0.263 e. The summed E-state index contributed by atoms with van der Waals surface area (Å²) < 4.78 is 35.6. The van der Waals surface area contributed by atoms with E-state index in [0.717, 1.165) is 25.7 Å². The van der Waals surface area contributed by atoms with E-state index in [1.807, 2.05) is 48.5 Å². The number of ether oxygens (including phenoxy) is 1. The molecular formula is C26H17BrCl2N2O3S2. The Hall–Kier alpha value is -2.62. The summed E-state index contributed by atoms with van der Waals surface area (Å²) in [6.07, 6.45) is 1.09. The molecule has 10 heteroatoms. The van der Waals surface area contributed by atoms with Crippen LogP contribution >= 0.6 is 50.5 Å². The van der Waals surface area contributed by atoms with E-state index in [-0.39, 0.29) is 10.0 Å². The van der Waals surface area contributed by atoms with Crippen LogP contribution < -0.4 is 9.46 Å². The first kappa shape index (κ1) is 25.0. The van der Waals surface area contributed by atoms with Gasteiger partial charge in [-0.15, -0.1) is 0 Å². The van der Waals surface area contributed by atoms with Gasteiger partial charge in [0.2, 0.25) is 0 Å². The van der Waals surface area contributed by atoms with Crippen molar-refractivity contribution in [2.75, 3.05) is 4.72 Å². The number of halogens is 3. The van der Waals surface area contributed by atoms with Gasteiger partial charge in [-0.25, -0.2) is 13.4 Å². The largest absolute Gasteiger partial charge is 0.480 e. The Morgan fingerprint density at radius 1 is 0.861 bits per heavy atom. The summed E-state index contributed by atoms with van der Waals surface area (Å²) in [4.78, 5) is 5.12. The van der Waals surface area contributed by atoms with Gasteiger partial charge in [0.25, 0.3) is 10.0 Å². The summed E-state index contributed by atoms with van der Waals surface area (Å²) in [5, 5.41) is 3.40. The van der Waals surface area contributed by atoms with Gasteiger partial charge in [0.05, 0.1) is 9.77 Å². The summed E-state index contributed by atoms with van der Waals surface area (Å²) in [6.45, 7) is 0. The Morgan fingerprint density at radius 3 is 2.22 bits per heavy atom. The molecule has 0 fully saturated rings. The molecule has 182 valence electrons. The van der Waals surface area contributed by atoms with Crippen molar-refractivity contribution in [2.45, 2.75) is 11.0 Å². The van der Waals surface area contributed by atoms with E-state index >= 15 is 0 Å². The van der Waals surface area contributed by atoms with Gasteiger partial charge >= 0.3 is 0 Å². The van der Waals surface area contributed by atoms with E-state index in [0.29, 0.717) is 15.8 Å². The van der Waals surface area contributed by atoms with E-state index in [9.17, 15) is 8.42 Å². The quantitative estimate of drug-likeness (QED) is 0.199. The first-order chi connectivity index (χ1) is 17.3. The predicted molar refractivity (Wildman–Crippen MR) is 150 cm³/mol. The third-order valence-corrected chi connectivity index (χ3v) is 8.77. The van der Waals surface area contributed by atoms with Gasteiger partial charge in [-0.3, -0.25) is 4.72 Å². The summed E-state index contributed by atoms with van der Waals surface area (Å²) in [7, 11) is -3.82. The van der Waals surface area contributed by atoms with Crippen LogP contribution in [0.15, 0.2) is 100 Å². The molecule has 0 spiro atoms. The minimum absolute atomic E-state index is 0.0944. The van der Waals surface area contributed by atoms with Gasteiger partial charge in [0.1, 0.15) is 5.75 Å². The topological polar surface area (TPSA) is 68.3 Å². The zero-order valence-corrected chi connectivity index (χ0v) is 23.1. The minimum atomic E-state index is -3.82. The van der Waals surface area contributed by atoms with Gasteiger partial charge < -0.3 is 4.74 Å². The summed E-state index contributed by atoms with van der Waals surface area (Å²) in [5.74, 6) is 0.668. The molecule has 0 aliphatic heterocycles. The fraction of sp³-hybridized carbons (Fsp3) is 0.0385. The van der Waals surface area contributed by atoms with Crippen molar-refractivity contribution in [1.82, 2.24) is 4.98 Å². The Labute approximate surface area is 230 Å².